The SMILES string of the molecule is C=CCOC(=O)Nc1cc(Br)cc(C(=O)O)c1F. The number of carboxylic acid groups (broad SMARTS) is 1. The molecule has 1 aromatic rings. The van der Waals surface area contributed by atoms with Crippen molar-refractivity contribution >= 4 is 33.7 Å². The van der Waals surface area contributed by atoms with Gasteiger partial charge in [-0.25, -0.2) is 14.0 Å². The summed E-state index contributed by atoms with van der Waals surface area (Å²) in [6.45, 7) is 3.31. The number of carboxylic acids is 1. The van der Waals surface area contributed by atoms with Crippen molar-refractivity contribution < 1.29 is 23.8 Å². The zero-order valence-corrected chi connectivity index (χ0v) is 10.7. The molecule has 0 aliphatic heterocycles. The van der Waals surface area contributed by atoms with Crippen LogP contribution in [0.5, 0.6) is 0 Å². The molecule has 0 saturated heterocycles. The average molecular weight is 318 g/mol. The highest BCUT2D eigenvalue weighted by Crippen LogP contribution is 2.24. The Balaban J connectivity index is 2.98. The first-order valence-corrected chi connectivity index (χ1v) is 5.52. The van der Waals surface area contributed by atoms with Crippen molar-refractivity contribution in [1.29, 1.82) is 0 Å². The van der Waals surface area contributed by atoms with Crippen LogP contribution in [0.15, 0.2) is 29.3 Å². The monoisotopic (exact) mass is 317 g/mol. The van der Waals surface area contributed by atoms with Gasteiger partial charge in [-0.3, -0.25) is 5.32 Å². The fourth-order valence-corrected chi connectivity index (χ4v) is 1.57. The number of hydrogen-bond acceptors (Lipinski definition) is 3. The number of amides is 1. The number of anilines is 1. The number of rotatable bonds is 4. The molecule has 0 saturated carbocycles. The number of halogens is 2. The van der Waals surface area contributed by atoms with Crippen LogP contribution in [0.25, 0.3) is 0 Å². The Morgan fingerprint density at radius 2 is 2.22 bits per heavy atom. The predicted molar refractivity (Wildman–Crippen MR) is 66.2 cm³/mol. The Kier molecular flexibility index (Phi) is 4.85. The van der Waals surface area contributed by atoms with Gasteiger partial charge >= 0.3 is 12.1 Å². The quantitative estimate of drug-likeness (QED) is 0.837. The Bertz CT molecular complexity index is 504. The Morgan fingerprint density at radius 1 is 1.56 bits per heavy atom. The van der Waals surface area contributed by atoms with Gasteiger partial charge in [0, 0.05) is 4.47 Å². The molecule has 96 valence electrons. The summed E-state index contributed by atoms with van der Waals surface area (Å²) in [6, 6.07) is 2.33. The molecule has 5 nitrogen and oxygen atoms in total. The van der Waals surface area contributed by atoms with Crippen LogP contribution in [0.1, 0.15) is 10.4 Å². The van der Waals surface area contributed by atoms with Crippen LogP contribution in [0.3, 0.4) is 0 Å². The summed E-state index contributed by atoms with van der Waals surface area (Å²) in [7, 11) is 0. The molecule has 7 heteroatoms. The summed E-state index contributed by atoms with van der Waals surface area (Å²) in [5.41, 5.74) is -0.834. The van der Waals surface area contributed by atoms with Gasteiger partial charge in [0.2, 0.25) is 0 Å². The maximum absolute atomic E-state index is 13.7. The second kappa shape index (κ2) is 6.15. The summed E-state index contributed by atoms with van der Waals surface area (Å²) < 4.78 is 18.6. The maximum atomic E-state index is 13.7. The highest BCUT2D eigenvalue weighted by molar-refractivity contribution is 9.10. The van der Waals surface area contributed by atoms with Crippen molar-refractivity contribution in [2.75, 3.05) is 11.9 Å². The van der Waals surface area contributed by atoms with Crippen molar-refractivity contribution in [3.8, 4) is 0 Å². The molecule has 1 aromatic carbocycles. The smallest absolute Gasteiger partial charge is 0.412 e. The molecular weight excluding hydrogens is 309 g/mol. The van der Waals surface area contributed by atoms with Crippen molar-refractivity contribution in [2.24, 2.45) is 0 Å². The van der Waals surface area contributed by atoms with Gasteiger partial charge in [0.05, 0.1) is 11.3 Å². The van der Waals surface area contributed by atoms with E-state index < -0.39 is 23.4 Å². The Labute approximate surface area is 110 Å². The van der Waals surface area contributed by atoms with E-state index >= 15 is 0 Å². The molecule has 0 heterocycles. The van der Waals surface area contributed by atoms with Crippen molar-refractivity contribution in [3.63, 3.8) is 0 Å². The molecule has 1 rings (SSSR count). The van der Waals surface area contributed by atoms with Gasteiger partial charge in [0.15, 0.2) is 5.82 Å². The van der Waals surface area contributed by atoms with Crippen LogP contribution < -0.4 is 5.32 Å². The van der Waals surface area contributed by atoms with Gasteiger partial charge < -0.3 is 9.84 Å². The first kappa shape index (κ1) is 14.2. The molecular formula is C11H9BrFNO4. The van der Waals surface area contributed by atoms with E-state index in [2.05, 4.69) is 32.6 Å². The average Bonchev–Trinajstić information content (AvgIpc) is 2.30. The first-order chi connectivity index (χ1) is 8.45. The summed E-state index contributed by atoms with van der Waals surface area (Å²) in [5.74, 6) is -2.47. The van der Waals surface area contributed by atoms with Crippen molar-refractivity contribution in [2.45, 2.75) is 0 Å². The van der Waals surface area contributed by atoms with E-state index in [0.717, 1.165) is 6.07 Å². The van der Waals surface area contributed by atoms with Gasteiger partial charge in [0.25, 0.3) is 0 Å². The van der Waals surface area contributed by atoms with Crippen LogP contribution in [-0.2, 0) is 4.74 Å². The minimum atomic E-state index is -1.43. The van der Waals surface area contributed by atoms with Crippen LogP contribution in [0.2, 0.25) is 0 Å². The maximum Gasteiger partial charge on any atom is 0.412 e. The van der Waals surface area contributed by atoms with Crippen molar-refractivity contribution in [3.05, 3.63) is 40.6 Å². The molecule has 0 bridgehead atoms. The van der Waals surface area contributed by atoms with Gasteiger partial charge in [-0.1, -0.05) is 28.6 Å². The van der Waals surface area contributed by atoms with Crippen LogP contribution in [0, 0.1) is 5.82 Å². The van der Waals surface area contributed by atoms with Gasteiger partial charge in [-0.2, -0.15) is 0 Å². The summed E-state index contributed by atoms with van der Waals surface area (Å²) in [5, 5.41) is 10.9. The molecule has 1 amide bonds. The number of hydrogen-bond donors (Lipinski definition) is 2. The normalized spacial score (nSPS) is 9.67. The number of ether oxygens (including phenoxy) is 1. The third kappa shape index (κ3) is 3.56. The Morgan fingerprint density at radius 3 is 2.78 bits per heavy atom. The van der Waals surface area contributed by atoms with E-state index in [-0.39, 0.29) is 12.3 Å². The number of nitrogens with one attached hydrogen (secondary N) is 1. The van der Waals surface area contributed by atoms with E-state index in [4.69, 9.17) is 5.11 Å². The Hall–Kier alpha value is -1.89. The highest BCUT2D eigenvalue weighted by atomic mass is 79.9. The summed E-state index contributed by atoms with van der Waals surface area (Å²) in [4.78, 5) is 22.0. The molecule has 0 spiro atoms. The number of aromatic carboxylic acids is 1. The second-order valence-electron chi connectivity index (χ2n) is 3.13. The summed E-state index contributed by atoms with van der Waals surface area (Å²) >= 11 is 3.02. The fraction of sp³-hybridized carbons (Fsp3) is 0.0909. The topological polar surface area (TPSA) is 75.6 Å². The van der Waals surface area contributed by atoms with E-state index in [1.807, 2.05) is 0 Å². The molecule has 0 aliphatic rings. The molecule has 0 aliphatic carbocycles. The minimum Gasteiger partial charge on any atom is -0.478 e. The summed E-state index contributed by atoms with van der Waals surface area (Å²) in [6.07, 6.45) is 0.447. The van der Waals surface area contributed by atoms with Crippen LogP contribution in [-0.4, -0.2) is 23.8 Å². The standard InChI is InChI=1S/C11H9BrFNO4/c1-2-3-18-11(17)14-8-5-6(12)4-7(9(8)13)10(15)16/h2,4-5H,1,3H2,(H,14,17)(H,15,16). The van der Waals surface area contributed by atoms with Gasteiger partial charge in [-0.15, -0.1) is 0 Å². The molecule has 0 radical (unpaired) electrons. The third-order valence-corrected chi connectivity index (χ3v) is 2.29. The lowest BCUT2D eigenvalue weighted by Gasteiger charge is -2.08. The molecule has 0 atom stereocenters. The molecule has 0 fully saturated rings. The second-order valence-corrected chi connectivity index (χ2v) is 4.05. The lowest BCUT2D eigenvalue weighted by molar-refractivity contribution is 0.0691. The largest absolute Gasteiger partial charge is 0.478 e. The lowest BCUT2D eigenvalue weighted by Crippen LogP contribution is -2.16. The molecule has 18 heavy (non-hydrogen) atoms. The minimum absolute atomic E-state index is 0.0345. The highest BCUT2D eigenvalue weighted by Gasteiger charge is 2.17. The van der Waals surface area contributed by atoms with Crippen LogP contribution >= 0.6 is 15.9 Å². The van der Waals surface area contributed by atoms with Crippen molar-refractivity contribution in [1.82, 2.24) is 0 Å². The predicted octanol–water partition coefficient (Wildman–Crippen LogP) is 3.02. The number of carbonyl (C=O) groups excluding carboxylic acids is 1. The molecule has 0 unspecified atom stereocenters. The van der Waals surface area contributed by atoms with E-state index in [9.17, 15) is 14.0 Å². The van der Waals surface area contributed by atoms with Gasteiger partial charge in [-0.05, 0) is 12.1 Å². The molecule has 2 N–H and O–H groups in total. The fourth-order valence-electron chi connectivity index (χ4n) is 1.12. The third-order valence-electron chi connectivity index (χ3n) is 1.84. The lowest BCUT2D eigenvalue weighted by atomic mass is 10.2. The van der Waals surface area contributed by atoms with E-state index in [1.165, 1.54) is 12.1 Å². The number of carbonyl (C=O) groups is 2. The number of benzene rings is 1. The molecule has 0 aromatic heterocycles. The van der Waals surface area contributed by atoms with Gasteiger partial charge in [0.1, 0.15) is 6.61 Å². The van der Waals surface area contributed by atoms with Crippen LogP contribution in [0.4, 0.5) is 14.9 Å². The zero-order chi connectivity index (χ0) is 13.7. The van der Waals surface area contributed by atoms with E-state index in [1.54, 1.807) is 0 Å². The van der Waals surface area contributed by atoms with E-state index in [0.29, 0.717) is 4.47 Å². The zero-order valence-electron chi connectivity index (χ0n) is 9.07. The first-order valence-electron chi connectivity index (χ1n) is 4.72.